The van der Waals surface area contributed by atoms with Gasteiger partial charge in [0.1, 0.15) is 12.7 Å². The Kier molecular flexibility index (Phi) is 5.09. The van der Waals surface area contributed by atoms with E-state index in [2.05, 4.69) is 20.4 Å². The maximum Gasteiger partial charge on any atom is 0.244 e. The van der Waals surface area contributed by atoms with Crippen molar-refractivity contribution in [1.82, 2.24) is 25.1 Å². The lowest BCUT2D eigenvalue weighted by Gasteiger charge is -2.09. The van der Waals surface area contributed by atoms with E-state index in [0.29, 0.717) is 13.1 Å². The first-order valence-corrected chi connectivity index (χ1v) is 7.56. The number of hydrogen-bond acceptors (Lipinski definition) is 4. The molecule has 0 fully saturated rings. The van der Waals surface area contributed by atoms with Crippen LogP contribution in [0.15, 0.2) is 67.5 Å². The summed E-state index contributed by atoms with van der Waals surface area (Å²) in [5, 5.41) is 7.01. The molecule has 1 aromatic carbocycles. The number of pyridine rings is 1. The highest BCUT2D eigenvalue weighted by molar-refractivity contribution is 5.91. The Labute approximate surface area is 139 Å². The highest BCUT2D eigenvalue weighted by Crippen LogP contribution is 2.10. The molecule has 120 valence electrons. The van der Waals surface area contributed by atoms with Crippen LogP contribution in [0.3, 0.4) is 0 Å². The lowest BCUT2D eigenvalue weighted by Crippen LogP contribution is -2.21. The van der Waals surface area contributed by atoms with Crippen molar-refractivity contribution in [2.45, 2.75) is 13.1 Å². The van der Waals surface area contributed by atoms with Gasteiger partial charge in [0.15, 0.2) is 0 Å². The number of benzene rings is 1. The molecule has 0 saturated heterocycles. The molecular formula is C18H17N5O. The van der Waals surface area contributed by atoms with Gasteiger partial charge in [0.2, 0.25) is 5.91 Å². The monoisotopic (exact) mass is 319 g/mol. The fourth-order valence-corrected chi connectivity index (χ4v) is 2.26. The second-order valence-electron chi connectivity index (χ2n) is 5.20. The molecule has 0 saturated carbocycles. The zero-order valence-electron chi connectivity index (χ0n) is 13.0. The van der Waals surface area contributed by atoms with Crippen molar-refractivity contribution >= 4 is 12.0 Å². The molecule has 0 aliphatic rings. The second-order valence-corrected chi connectivity index (χ2v) is 5.20. The number of aromatic nitrogens is 4. The van der Waals surface area contributed by atoms with Crippen LogP contribution in [0.5, 0.6) is 0 Å². The third-order valence-corrected chi connectivity index (χ3v) is 3.48. The number of carbonyl (C=O) groups excluding carboxylic acids is 1. The van der Waals surface area contributed by atoms with E-state index in [9.17, 15) is 4.79 Å². The quantitative estimate of drug-likeness (QED) is 0.706. The summed E-state index contributed by atoms with van der Waals surface area (Å²) < 4.78 is 1.75. The molecule has 0 spiro atoms. The van der Waals surface area contributed by atoms with Gasteiger partial charge in [-0.05, 0) is 28.8 Å². The summed E-state index contributed by atoms with van der Waals surface area (Å²) in [4.78, 5) is 19.9. The molecule has 0 unspecified atom stereocenters. The summed E-state index contributed by atoms with van der Waals surface area (Å²) in [6.07, 6.45) is 9.83. The number of nitrogens with zero attached hydrogens (tertiary/aromatic N) is 4. The van der Waals surface area contributed by atoms with Crippen molar-refractivity contribution in [1.29, 1.82) is 0 Å². The average molecular weight is 319 g/mol. The number of carbonyl (C=O) groups is 1. The summed E-state index contributed by atoms with van der Waals surface area (Å²) in [5.74, 6) is -0.144. The van der Waals surface area contributed by atoms with E-state index < -0.39 is 0 Å². The zero-order valence-corrected chi connectivity index (χ0v) is 13.0. The molecule has 0 aliphatic carbocycles. The van der Waals surface area contributed by atoms with Crippen molar-refractivity contribution in [2.24, 2.45) is 0 Å². The molecule has 0 bridgehead atoms. The van der Waals surface area contributed by atoms with Gasteiger partial charge < -0.3 is 5.32 Å². The van der Waals surface area contributed by atoms with E-state index in [4.69, 9.17) is 0 Å². The van der Waals surface area contributed by atoms with Crippen LogP contribution in [0.2, 0.25) is 0 Å². The Bertz CT molecular complexity index is 812. The van der Waals surface area contributed by atoms with E-state index in [1.54, 1.807) is 29.5 Å². The van der Waals surface area contributed by atoms with Gasteiger partial charge in [0, 0.05) is 25.0 Å². The van der Waals surface area contributed by atoms with Crippen LogP contribution in [0.4, 0.5) is 0 Å². The molecule has 6 heteroatoms. The van der Waals surface area contributed by atoms with Gasteiger partial charge in [-0.2, -0.15) is 5.10 Å². The molecule has 0 atom stereocenters. The van der Waals surface area contributed by atoms with E-state index in [-0.39, 0.29) is 5.91 Å². The minimum Gasteiger partial charge on any atom is -0.348 e. The maximum atomic E-state index is 12.0. The van der Waals surface area contributed by atoms with E-state index in [1.807, 2.05) is 36.4 Å². The summed E-state index contributed by atoms with van der Waals surface area (Å²) in [7, 11) is 0. The largest absolute Gasteiger partial charge is 0.348 e. The normalized spacial score (nSPS) is 10.8. The lowest BCUT2D eigenvalue weighted by molar-refractivity contribution is -0.116. The fourth-order valence-electron chi connectivity index (χ4n) is 2.26. The number of amides is 1. The van der Waals surface area contributed by atoms with Crippen LogP contribution in [0.1, 0.15) is 16.7 Å². The van der Waals surface area contributed by atoms with Gasteiger partial charge >= 0.3 is 0 Å². The molecule has 1 amide bonds. The predicted molar refractivity (Wildman–Crippen MR) is 90.7 cm³/mol. The molecule has 3 rings (SSSR count). The van der Waals surface area contributed by atoms with Gasteiger partial charge in [-0.1, -0.05) is 30.3 Å². The van der Waals surface area contributed by atoms with Crippen LogP contribution in [-0.4, -0.2) is 25.7 Å². The highest BCUT2D eigenvalue weighted by Gasteiger charge is 2.04. The third kappa shape index (κ3) is 4.36. The number of hydrogen-bond donors (Lipinski definition) is 1. The summed E-state index contributed by atoms with van der Waals surface area (Å²) in [5.41, 5.74) is 3.04. The lowest BCUT2D eigenvalue weighted by atomic mass is 10.1. The highest BCUT2D eigenvalue weighted by atomic mass is 16.1. The number of nitrogens with one attached hydrogen (secondary N) is 1. The summed E-state index contributed by atoms with van der Waals surface area (Å²) in [6.45, 7) is 1.08. The van der Waals surface area contributed by atoms with Gasteiger partial charge in [0.25, 0.3) is 0 Å². The van der Waals surface area contributed by atoms with Crippen LogP contribution >= 0.6 is 0 Å². The second kappa shape index (κ2) is 7.82. The molecular weight excluding hydrogens is 302 g/mol. The van der Waals surface area contributed by atoms with Gasteiger partial charge in [-0.3, -0.25) is 9.78 Å². The van der Waals surface area contributed by atoms with E-state index in [0.717, 1.165) is 16.7 Å². The molecule has 2 aromatic heterocycles. The predicted octanol–water partition coefficient (Wildman–Crippen LogP) is 2.05. The Balaban J connectivity index is 1.60. The smallest absolute Gasteiger partial charge is 0.244 e. The number of rotatable bonds is 6. The molecule has 6 nitrogen and oxygen atoms in total. The van der Waals surface area contributed by atoms with E-state index >= 15 is 0 Å². The average Bonchev–Trinajstić information content (AvgIpc) is 3.13. The SMILES string of the molecule is O=C(/C=C/c1cccnc1)NCc1ccccc1Cn1cncn1. The summed E-state index contributed by atoms with van der Waals surface area (Å²) in [6, 6.07) is 11.7. The molecule has 24 heavy (non-hydrogen) atoms. The molecule has 0 radical (unpaired) electrons. The molecule has 3 aromatic rings. The van der Waals surface area contributed by atoms with E-state index in [1.165, 1.54) is 12.4 Å². The minimum atomic E-state index is -0.144. The minimum absolute atomic E-state index is 0.144. The maximum absolute atomic E-state index is 12.0. The Hall–Kier alpha value is -3.28. The van der Waals surface area contributed by atoms with Gasteiger partial charge in [-0.25, -0.2) is 9.67 Å². The first-order valence-electron chi connectivity index (χ1n) is 7.56. The van der Waals surface area contributed by atoms with Crippen molar-refractivity contribution in [2.75, 3.05) is 0 Å². The standard InChI is InChI=1S/C18H17N5O/c24-18(8-7-15-4-3-9-19-10-15)21-11-16-5-1-2-6-17(16)12-23-14-20-13-22-23/h1-10,13-14H,11-12H2,(H,21,24)/b8-7+. The van der Waals surface area contributed by atoms with Crippen molar-refractivity contribution in [3.8, 4) is 0 Å². The molecule has 2 heterocycles. The van der Waals surface area contributed by atoms with Crippen molar-refractivity contribution < 1.29 is 4.79 Å². The van der Waals surface area contributed by atoms with Crippen LogP contribution in [0, 0.1) is 0 Å². The van der Waals surface area contributed by atoms with Gasteiger partial charge in [0.05, 0.1) is 6.54 Å². The Morgan fingerprint density at radius 1 is 1.12 bits per heavy atom. The fraction of sp³-hybridized carbons (Fsp3) is 0.111. The molecule has 0 aliphatic heterocycles. The van der Waals surface area contributed by atoms with Crippen molar-refractivity contribution in [3.63, 3.8) is 0 Å². The molecule has 1 N–H and O–H groups in total. The Morgan fingerprint density at radius 2 is 2.00 bits per heavy atom. The van der Waals surface area contributed by atoms with Gasteiger partial charge in [-0.15, -0.1) is 0 Å². The zero-order chi connectivity index (χ0) is 16.6. The Morgan fingerprint density at radius 3 is 2.75 bits per heavy atom. The first-order chi connectivity index (χ1) is 11.8. The summed E-state index contributed by atoms with van der Waals surface area (Å²) >= 11 is 0. The third-order valence-electron chi connectivity index (χ3n) is 3.48. The van der Waals surface area contributed by atoms with Crippen LogP contribution < -0.4 is 5.32 Å². The first kappa shape index (κ1) is 15.6. The van der Waals surface area contributed by atoms with Crippen LogP contribution in [-0.2, 0) is 17.9 Å². The van der Waals surface area contributed by atoms with Crippen LogP contribution in [0.25, 0.3) is 6.08 Å². The topological polar surface area (TPSA) is 72.7 Å². The van der Waals surface area contributed by atoms with Crippen molar-refractivity contribution in [3.05, 3.63) is 84.2 Å².